The monoisotopic (exact) mass is 745 g/mol. The van der Waals surface area contributed by atoms with E-state index in [9.17, 15) is 9.59 Å². The third kappa shape index (κ3) is 6.79. The van der Waals surface area contributed by atoms with E-state index in [2.05, 4.69) is 53.5 Å². The summed E-state index contributed by atoms with van der Waals surface area (Å²) in [6, 6.07) is 17.2. The maximum absolute atomic E-state index is 13.1. The standard InChI is InChI=1S/C44H51N5O6/c1-42(2,3)54-40(50)48-17-7-9-37(48)36-23-28-21-26(11-15-33(28)45-36)29-13-14-30(32-25-44(24-31(29)32)52-19-20-53-44)27-12-16-34-35(22-27)47-39(46-34)38-10-8-18-49(38)41(51)55-43(4,5)6/h11-16,21-22,37-38H,7-10,17-20,23-25H2,1-6H3,(H,46,47)/t37-,38-/m0/s1. The van der Waals surface area contributed by atoms with Crippen LogP contribution in [-0.2, 0) is 38.2 Å². The first-order valence-electron chi connectivity index (χ1n) is 19.9. The number of benzene rings is 3. The van der Waals surface area contributed by atoms with E-state index in [0.29, 0.717) is 45.6 Å². The van der Waals surface area contributed by atoms with Crippen LogP contribution in [0.25, 0.3) is 33.3 Å². The molecule has 9 rings (SSSR count). The summed E-state index contributed by atoms with van der Waals surface area (Å²) in [7, 11) is 0. The molecule has 1 N–H and O–H groups in total. The number of imidazole rings is 1. The summed E-state index contributed by atoms with van der Waals surface area (Å²) in [5, 5.41) is 0. The quantitative estimate of drug-likeness (QED) is 0.222. The van der Waals surface area contributed by atoms with Gasteiger partial charge in [0.2, 0.25) is 0 Å². The van der Waals surface area contributed by atoms with Crippen LogP contribution in [0.4, 0.5) is 15.3 Å². The number of hydrogen-bond donors (Lipinski definition) is 1. The van der Waals surface area contributed by atoms with Gasteiger partial charge in [0.25, 0.3) is 0 Å². The second-order valence-corrected chi connectivity index (χ2v) is 17.7. The largest absolute Gasteiger partial charge is 0.444 e. The summed E-state index contributed by atoms with van der Waals surface area (Å²) in [6.07, 6.45) is 5.08. The molecule has 5 heterocycles. The first-order chi connectivity index (χ1) is 26.2. The molecule has 1 aromatic heterocycles. The van der Waals surface area contributed by atoms with Gasteiger partial charge in [0.1, 0.15) is 17.0 Å². The van der Waals surface area contributed by atoms with Crippen molar-refractivity contribution >= 4 is 34.6 Å². The zero-order chi connectivity index (χ0) is 38.3. The van der Waals surface area contributed by atoms with Crippen molar-refractivity contribution in [1.29, 1.82) is 0 Å². The van der Waals surface area contributed by atoms with Gasteiger partial charge in [-0.1, -0.05) is 24.3 Å². The molecule has 4 aliphatic heterocycles. The van der Waals surface area contributed by atoms with Gasteiger partial charge in [0.15, 0.2) is 5.79 Å². The molecular formula is C44H51N5O6. The molecule has 2 atom stereocenters. The Morgan fingerprint density at radius 1 is 0.782 bits per heavy atom. The van der Waals surface area contributed by atoms with Crippen molar-refractivity contribution in [3.63, 3.8) is 0 Å². The van der Waals surface area contributed by atoms with Crippen molar-refractivity contribution in [2.24, 2.45) is 4.99 Å². The number of aliphatic imine (C=N–C) groups is 1. The van der Waals surface area contributed by atoms with Crippen molar-refractivity contribution in [3.05, 3.63) is 71.0 Å². The predicted octanol–water partition coefficient (Wildman–Crippen LogP) is 8.84. The van der Waals surface area contributed by atoms with Crippen LogP contribution in [0.1, 0.15) is 95.8 Å². The average Bonchev–Trinajstić information content (AvgIpc) is 3.97. The molecule has 11 heteroatoms. The number of carbonyl (C=O) groups excluding carboxylic acids is 2. The number of H-pyrrole nitrogens is 1. The fourth-order valence-electron chi connectivity index (χ4n) is 9.12. The minimum atomic E-state index is -0.660. The van der Waals surface area contributed by atoms with Crippen molar-refractivity contribution in [3.8, 4) is 22.3 Å². The Kier molecular flexibility index (Phi) is 8.62. The van der Waals surface area contributed by atoms with Crippen LogP contribution in [0.3, 0.4) is 0 Å². The van der Waals surface area contributed by atoms with E-state index in [0.717, 1.165) is 70.6 Å². The van der Waals surface area contributed by atoms with Gasteiger partial charge in [-0.05, 0) is 130 Å². The van der Waals surface area contributed by atoms with Gasteiger partial charge in [-0.3, -0.25) is 14.8 Å². The SMILES string of the molecule is CC(C)(C)OC(=O)N1CCC[C@H]1C1=Nc2ccc(-c3ccc(-c4ccc5nc([C@@H]6CCCN6C(=O)OC(C)(C)C)[nH]c5c4)c4c3CC3(C4)OCCO3)cc2C1. The number of rotatable bonds is 4. The second kappa shape index (κ2) is 13.2. The zero-order valence-corrected chi connectivity index (χ0v) is 32.8. The molecule has 5 aliphatic rings. The van der Waals surface area contributed by atoms with E-state index in [4.69, 9.17) is 28.9 Å². The molecule has 1 spiro atoms. The number of nitrogens with one attached hydrogen (secondary N) is 1. The van der Waals surface area contributed by atoms with Crippen LogP contribution >= 0.6 is 0 Å². The Hall–Kier alpha value is -4.74. The number of amides is 2. The lowest BCUT2D eigenvalue weighted by molar-refractivity contribution is -0.147. The highest BCUT2D eigenvalue weighted by Gasteiger charge is 2.45. The summed E-state index contributed by atoms with van der Waals surface area (Å²) in [5.74, 6) is 0.129. The molecule has 11 nitrogen and oxygen atoms in total. The predicted molar refractivity (Wildman–Crippen MR) is 211 cm³/mol. The summed E-state index contributed by atoms with van der Waals surface area (Å²) < 4.78 is 24.1. The molecule has 0 radical (unpaired) electrons. The highest BCUT2D eigenvalue weighted by atomic mass is 16.7. The van der Waals surface area contributed by atoms with E-state index >= 15 is 0 Å². The van der Waals surface area contributed by atoms with Crippen LogP contribution < -0.4 is 0 Å². The van der Waals surface area contributed by atoms with Gasteiger partial charge in [0, 0.05) is 38.1 Å². The average molecular weight is 746 g/mol. The lowest BCUT2D eigenvalue weighted by Crippen LogP contribution is -2.43. The van der Waals surface area contributed by atoms with Gasteiger partial charge in [-0.2, -0.15) is 0 Å². The molecule has 0 saturated carbocycles. The Labute approximate surface area is 322 Å². The van der Waals surface area contributed by atoms with E-state index in [1.165, 1.54) is 22.3 Å². The normalized spacial score (nSPS) is 21.7. The molecule has 0 unspecified atom stereocenters. The third-order valence-corrected chi connectivity index (χ3v) is 11.4. The van der Waals surface area contributed by atoms with Crippen LogP contribution in [0, 0.1) is 0 Å². The highest BCUT2D eigenvalue weighted by Crippen LogP contribution is 2.46. The molecule has 0 bridgehead atoms. The van der Waals surface area contributed by atoms with Crippen LogP contribution in [0.5, 0.6) is 0 Å². The zero-order valence-electron chi connectivity index (χ0n) is 32.8. The minimum Gasteiger partial charge on any atom is -0.444 e. The number of carbonyl (C=O) groups is 2. The number of ether oxygens (including phenoxy) is 4. The van der Waals surface area contributed by atoms with Gasteiger partial charge in [-0.15, -0.1) is 0 Å². The molecule has 3 fully saturated rings. The topological polar surface area (TPSA) is 119 Å². The molecule has 3 aromatic carbocycles. The fraction of sp³-hybridized carbons (Fsp3) is 0.500. The Morgan fingerprint density at radius 2 is 1.36 bits per heavy atom. The maximum atomic E-state index is 13.1. The minimum absolute atomic E-state index is 0.0453. The number of hydrogen-bond acceptors (Lipinski definition) is 8. The van der Waals surface area contributed by atoms with E-state index in [1.807, 2.05) is 46.4 Å². The number of likely N-dealkylation sites (tertiary alicyclic amines) is 2. The second-order valence-electron chi connectivity index (χ2n) is 17.7. The van der Waals surface area contributed by atoms with E-state index < -0.39 is 17.0 Å². The van der Waals surface area contributed by atoms with E-state index in [-0.39, 0.29) is 24.3 Å². The Bertz CT molecular complexity index is 2220. The van der Waals surface area contributed by atoms with E-state index in [1.54, 1.807) is 4.90 Å². The molecule has 3 saturated heterocycles. The van der Waals surface area contributed by atoms with Crippen LogP contribution in [0.2, 0.25) is 0 Å². The highest BCUT2D eigenvalue weighted by molar-refractivity contribution is 6.00. The third-order valence-electron chi connectivity index (χ3n) is 11.4. The van der Waals surface area contributed by atoms with Gasteiger partial charge >= 0.3 is 12.2 Å². The molecular weight excluding hydrogens is 695 g/mol. The van der Waals surface area contributed by atoms with Crippen molar-refractivity contribution < 1.29 is 28.5 Å². The maximum Gasteiger partial charge on any atom is 0.410 e. The first kappa shape index (κ1) is 35.9. The molecule has 1 aliphatic carbocycles. The number of aromatic nitrogens is 2. The van der Waals surface area contributed by atoms with Gasteiger partial charge in [0.05, 0.1) is 42.0 Å². The molecule has 4 aromatic rings. The van der Waals surface area contributed by atoms with Crippen molar-refractivity contribution in [2.75, 3.05) is 26.3 Å². The fourth-order valence-corrected chi connectivity index (χ4v) is 9.12. The molecule has 288 valence electrons. The molecule has 55 heavy (non-hydrogen) atoms. The van der Waals surface area contributed by atoms with Gasteiger partial charge in [-0.25, -0.2) is 14.6 Å². The first-order valence-corrected chi connectivity index (χ1v) is 19.9. The lowest BCUT2D eigenvalue weighted by Gasteiger charge is -2.28. The van der Waals surface area contributed by atoms with Gasteiger partial charge < -0.3 is 23.9 Å². The smallest absolute Gasteiger partial charge is 0.410 e. The van der Waals surface area contributed by atoms with Crippen LogP contribution in [0.15, 0.2) is 53.5 Å². The van der Waals surface area contributed by atoms with Crippen molar-refractivity contribution in [1.82, 2.24) is 19.8 Å². The summed E-state index contributed by atoms with van der Waals surface area (Å²) in [6.45, 7) is 13.9. The molecule has 2 amide bonds. The van der Waals surface area contributed by atoms with Crippen molar-refractivity contribution in [2.45, 2.75) is 116 Å². The summed E-state index contributed by atoms with van der Waals surface area (Å²) in [5.41, 5.74) is 10.9. The lowest BCUT2D eigenvalue weighted by atomic mass is 9.89. The number of nitrogens with zero attached hydrogens (tertiary/aromatic N) is 4. The summed E-state index contributed by atoms with van der Waals surface area (Å²) in [4.78, 5) is 43.4. The number of fused-ring (bicyclic) bond motifs is 3. The Morgan fingerprint density at radius 3 is 2.00 bits per heavy atom. The summed E-state index contributed by atoms with van der Waals surface area (Å²) >= 11 is 0. The van der Waals surface area contributed by atoms with Crippen LogP contribution in [-0.4, -0.2) is 87.0 Å². The number of aromatic amines is 1. The Balaban J connectivity index is 1.01.